The van der Waals surface area contributed by atoms with Crippen LogP contribution in [0.3, 0.4) is 0 Å². The summed E-state index contributed by atoms with van der Waals surface area (Å²) in [7, 11) is 0. The van der Waals surface area contributed by atoms with Crippen LogP contribution < -0.4 is 0 Å². The molecule has 131 heavy (non-hydrogen) atoms. The topological polar surface area (TPSA) is 0 Å². The standard InChI is InChI=1S/C14H27F3.2C13H25F3.2C12H23F3.2C11H21F3.2C9H17F3/c1-8-11(6)13(7,14(15,16)17)12(9(2)3)10(4)5;1-7-8-12(6,13(14,15)16)11(9(2)3)10(4)5;1-6-10(7-2)12(5,13(14,15)16)11(8-3)9-4;1-7-10(5,8-2)11(6,9(3)4)12(13,14)15;1-6-9-11(5,12(13,14)15)10(4,7-2)8-3;1-6-9(7-2)10(5,8(3)4)11(12,13)14;1-5-8-10(4,11(12,13)14)9(6-2)7-3;1-6(2)8(5,7(3)4)9(10,11)12;1-4-6-8(3,7-5-2)9(10,11)12/h9-12H,8H2,1-7H3;9-11H,7-8H2,1-6H3;10-11H,6-9H2,1-5H3;9H,7-8H2,1-6H3;6-9H2,1-5H3;8-9H,6-7H2,1-5H3;9H,5-8H2,1-4H3;6-7H,1-5H3;4-7H2,1-3H3/t11?,13-;12-;;2*11-;2*10-;;/m00.0000../s1. The Morgan fingerprint density at radius 3 is 0.557 bits per heavy atom. The number of rotatable bonds is 40. The van der Waals surface area contributed by atoms with E-state index in [4.69, 9.17) is 0 Å². The van der Waals surface area contributed by atoms with Crippen molar-refractivity contribution < 1.29 is 119 Å². The molecule has 0 heterocycles. The maximum atomic E-state index is 13.5. The third kappa shape index (κ3) is 38.8. The first-order valence-electron chi connectivity index (χ1n) is 49.8. The summed E-state index contributed by atoms with van der Waals surface area (Å²) >= 11 is 0. The predicted octanol–water partition coefficient (Wildman–Crippen LogP) is 43.9. The van der Waals surface area contributed by atoms with Gasteiger partial charge in [0.1, 0.15) is 0 Å². The van der Waals surface area contributed by atoms with Crippen LogP contribution in [-0.2, 0) is 0 Å². The summed E-state index contributed by atoms with van der Waals surface area (Å²) in [5, 5.41) is 0. The van der Waals surface area contributed by atoms with Crippen LogP contribution in [0.5, 0.6) is 0 Å². The zero-order valence-electron chi connectivity index (χ0n) is 91.1. The zero-order chi connectivity index (χ0) is 108. The van der Waals surface area contributed by atoms with Gasteiger partial charge in [-0.2, -0.15) is 119 Å². The lowest BCUT2D eigenvalue weighted by Gasteiger charge is -2.49. The first-order valence-corrected chi connectivity index (χ1v) is 49.8. The minimum absolute atomic E-state index is 0.0376. The molecule has 0 amide bonds. The third-order valence-electron chi connectivity index (χ3n) is 33.3. The van der Waals surface area contributed by atoms with Gasteiger partial charge in [0.2, 0.25) is 0 Å². The minimum atomic E-state index is -4.14. The van der Waals surface area contributed by atoms with Crippen molar-refractivity contribution in [1.82, 2.24) is 0 Å². The van der Waals surface area contributed by atoms with E-state index in [1.54, 1.807) is 90.0 Å². The second kappa shape index (κ2) is 59.8. The molecule has 0 nitrogen and oxygen atoms in total. The van der Waals surface area contributed by atoms with Gasteiger partial charge in [0.15, 0.2) is 0 Å². The largest absolute Gasteiger partial charge is 0.395 e. The van der Waals surface area contributed by atoms with E-state index >= 15 is 0 Å². The molecule has 7 atom stereocenters. The van der Waals surface area contributed by atoms with E-state index in [-0.39, 0.29) is 115 Å². The van der Waals surface area contributed by atoms with Gasteiger partial charge in [0.05, 0.1) is 48.7 Å². The van der Waals surface area contributed by atoms with Crippen molar-refractivity contribution in [3.8, 4) is 0 Å². The molecule has 0 bridgehead atoms. The molecule has 0 aliphatic carbocycles. The first-order chi connectivity index (χ1) is 58.2. The maximum absolute atomic E-state index is 13.5. The number of hydrogen-bond donors (Lipinski definition) is 0. The average molecular weight is 1960 g/mol. The highest BCUT2D eigenvalue weighted by molar-refractivity contribution is 5.01. The second-order valence-corrected chi connectivity index (χ2v) is 42.8. The van der Waals surface area contributed by atoms with Crippen LogP contribution in [-0.4, -0.2) is 55.6 Å². The SMILES string of the molecule is CC(C)C(C)(C(C)C)C(F)(F)F.CCC(C)(CC)[C@](C)(C(C)C)C(F)(F)F.CCC(C)[C@@](C)(C(C(C)C)C(C)C)C(F)(F)F.CCC(CC)C(C)(C(CC)CC)C(F)(F)F.CCC(CC)[C@](C)(C(C)C)C(F)(F)F.CCCC(C)(CCC)C(F)(F)F.CCC[C@@](C)(C(C(C)C)C(C)C)C(F)(F)F.CCC[C@@](C)(C(CC)CC)C(F)(F)F.CCC[C@](C)(C(F)(F)F)C(C)(CC)CC. The molecule has 0 aromatic heterocycles. The van der Waals surface area contributed by atoms with Crippen LogP contribution in [0.4, 0.5) is 119 Å². The van der Waals surface area contributed by atoms with Crippen LogP contribution in [0.1, 0.15) is 466 Å². The summed E-state index contributed by atoms with van der Waals surface area (Å²) in [6.45, 7) is 78.9. The highest BCUT2D eigenvalue weighted by Crippen LogP contribution is 2.62. The van der Waals surface area contributed by atoms with Gasteiger partial charge in [-0.3, -0.25) is 0 Å². The third-order valence-corrected chi connectivity index (χ3v) is 33.3. The quantitative estimate of drug-likeness (QED) is 0.0537. The smallest absolute Gasteiger partial charge is 0.171 e. The number of hydrogen-bond acceptors (Lipinski definition) is 0. The molecule has 0 rings (SSSR count). The van der Waals surface area contributed by atoms with Gasteiger partial charge in [-0.1, -0.05) is 408 Å². The van der Waals surface area contributed by atoms with Crippen molar-refractivity contribution in [2.24, 2.45) is 148 Å². The van der Waals surface area contributed by atoms with Crippen molar-refractivity contribution in [2.45, 2.75) is 522 Å². The van der Waals surface area contributed by atoms with Crippen molar-refractivity contribution in [1.29, 1.82) is 0 Å². The molecule has 1 unspecified atom stereocenters. The summed E-state index contributed by atoms with van der Waals surface area (Å²) in [6, 6.07) is 0. The Hall–Kier alpha value is -1.89. The van der Waals surface area contributed by atoms with Crippen molar-refractivity contribution in [2.75, 3.05) is 0 Å². The van der Waals surface area contributed by atoms with Crippen LogP contribution >= 0.6 is 0 Å². The Bertz CT molecular complexity index is 2760. The van der Waals surface area contributed by atoms with Crippen LogP contribution in [0.25, 0.3) is 0 Å². The summed E-state index contributed by atoms with van der Waals surface area (Å²) in [6.07, 6.45) is -25.2. The highest BCUT2D eigenvalue weighted by atomic mass is 19.4. The molecule has 0 radical (unpaired) electrons. The summed E-state index contributed by atoms with van der Waals surface area (Å²) in [4.78, 5) is 0. The van der Waals surface area contributed by atoms with Crippen molar-refractivity contribution >= 4 is 0 Å². The molecular weight excluding hydrogens is 1760 g/mol. The van der Waals surface area contributed by atoms with E-state index < -0.39 is 121 Å². The second-order valence-electron chi connectivity index (χ2n) is 42.8. The van der Waals surface area contributed by atoms with Gasteiger partial charge < -0.3 is 0 Å². The Morgan fingerprint density at radius 1 is 0.183 bits per heavy atom. The maximum Gasteiger partial charge on any atom is 0.395 e. The van der Waals surface area contributed by atoms with Crippen molar-refractivity contribution in [3.05, 3.63) is 0 Å². The van der Waals surface area contributed by atoms with E-state index in [2.05, 4.69) is 0 Å². The molecule has 0 saturated heterocycles. The molecule has 0 aliphatic heterocycles. The molecule has 0 aliphatic rings. The highest BCUT2D eigenvalue weighted by Gasteiger charge is 2.65. The van der Waals surface area contributed by atoms with E-state index in [1.807, 2.05) is 166 Å². The normalized spacial score (nSPS) is 16.6. The Labute approximate surface area is 785 Å². The molecule has 804 valence electrons. The molecule has 0 spiro atoms. The monoisotopic (exact) mass is 1960 g/mol. The van der Waals surface area contributed by atoms with Crippen molar-refractivity contribution in [3.63, 3.8) is 0 Å². The molecular formula is C104H199F27. The van der Waals surface area contributed by atoms with Gasteiger partial charge in [0.25, 0.3) is 0 Å². The molecule has 0 aromatic rings. The first kappa shape index (κ1) is 147. The zero-order valence-corrected chi connectivity index (χ0v) is 91.1. The Balaban J connectivity index is -0.000000183. The molecule has 27 heteroatoms. The molecule has 0 saturated carbocycles. The van der Waals surface area contributed by atoms with E-state index in [0.29, 0.717) is 116 Å². The summed E-state index contributed by atoms with van der Waals surface area (Å²) < 4.78 is 352. The summed E-state index contributed by atoms with van der Waals surface area (Å²) in [5.41, 5.74) is -15.2. The van der Waals surface area contributed by atoms with Crippen LogP contribution in [0.2, 0.25) is 0 Å². The predicted molar refractivity (Wildman–Crippen MR) is 501 cm³/mol. The lowest BCUT2D eigenvalue weighted by Crippen LogP contribution is -2.51. The van der Waals surface area contributed by atoms with E-state index in [1.165, 1.54) is 62.3 Å². The lowest BCUT2D eigenvalue weighted by molar-refractivity contribution is -0.275. The molecule has 0 aromatic carbocycles. The van der Waals surface area contributed by atoms with Gasteiger partial charge in [-0.25, -0.2) is 0 Å². The Kier molecular flexibility index (Phi) is 67.0. The average Bonchev–Trinajstić information content (AvgIpc) is 0.746. The van der Waals surface area contributed by atoms with Gasteiger partial charge in [-0.05, 0) is 157 Å². The minimum Gasteiger partial charge on any atom is -0.171 e. The van der Waals surface area contributed by atoms with Gasteiger partial charge in [0, 0.05) is 0 Å². The number of halogens is 27. The lowest BCUT2D eigenvalue weighted by atomic mass is 9.57. The molecule has 0 N–H and O–H groups in total. The van der Waals surface area contributed by atoms with Crippen LogP contribution in [0.15, 0.2) is 0 Å². The Morgan fingerprint density at radius 2 is 0.420 bits per heavy atom. The van der Waals surface area contributed by atoms with Gasteiger partial charge >= 0.3 is 55.6 Å². The fraction of sp³-hybridized carbons (Fsp3) is 1.00. The fourth-order valence-electron chi connectivity index (χ4n) is 21.7. The van der Waals surface area contributed by atoms with E-state index in [0.717, 1.165) is 0 Å². The van der Waals surface area contributed by atoms with E-state index in [9.17, 15) is 119 Å². The van der Waals surface area contributed by atoms with Crippen LogP contribution in [0, 0.1) is 148 Å². The molecule has 0 fully saturated rings. The fourth-order valence-corrected chi connectivity index (χ4v) is 21.7. The number of alkyl halides is 27. The summed E-state index contributed by atoms with van der Waals surface area (Å²) in [5.74, 6) is -3.39. The van der Waals surface area contributed by atoms with Gasteiger partial charge in [-0.15, -0.1) is 0 Å².